The molecule has 0 aromatic heterocycles. The van der Waals surface area contributed by atoms with Crippen LogP contribution in [0.25, 0.3) is 0 Å². The number of hydrogen-bond acceptors (Lipinski definition) is 5. The summed E-state index contributed by atoms with van der Waals surface area (Å²) in [6.07, 6.45) is -0.786. The van der Waals surface area contributed by atoms with E-state index in [1.165, 1.54) is 4.90 Å². The number of hydrogen-bond donors (Lipinski definition) is 2. The minimum atomic E-state index is -0.786. The summed E-state index contributed by atoms with van der Waals surface area (Å²) in [6.45, 7) is 5.61. The Morgan fingerprint density at radius 2 is 1.65 bits per heavy atom. The van der Waals surface area contributed by atoms with Crippen LogP contribution in [0.3, 0.4) is 0 Å². The van der Waals surface area contributed by atoms with Gasteiger partial charge in [-0.3, -0.25) is 19.8 Å². The minimum Gasteiger partial charge on any atom is -0.450 e. The van der Waals surface area contributed by atoms with E-state index in [0.717, 1.165) is 16.8 Å². The topological polar surface area (TPSA) is 87.7 Å². The summed E-state index contributed by atoms with van der Waals surface area (Å²) in [5, 5.41) is 4.92. The lowest BCUT2D eigenvalue weighted by atomic mass is 10.1. The van der Waals surface area contributed by atoms with Crippen LogP contribution < -0.4 is 10.6 Å². The summed E-state index contributed by atoms with van der Waals surface area (Å²) in [5.74, 6) is -0.750. The molecule has 2 N–H and O–H groups in total. The second-order valence-corrected chi connectivity index (χ2v) is 5.26. The van der Waals surface area contributed by atoms with Crippen LogP contribution in [0.4, 0.5) is 10.5 Å². The van der Waals surface area contributed by atoms with E-state index in [-0.39, 0.29) is 25.6 Å². The summed E-state index contributed by atoms with van der Waals surface area (Å²) in [7, 11) is 1.62. The van der Waals surface area contributed by atoms with E-state index in [0.29, 0.717) is 0 Å². The molecular formula is C16H23N3O4. The van der Waals surface area contributed by atoms with E-state index in [4.69, 9.17) is 0 Å². The van der Waals surface area contributed by atoms with Crippen molar-refractivity contribution >= 4 is 23.6 Å². The van der Waals surface area contributed by atoms with E-state index < -0.39 is 12.0 Å². The van der Waals surface area contributed by atoms with Gasteiger partial charge < -0.3 is 10.1 Å². The van der Waals surface area contributed by atoms with Gasteiger partial charge >= 0.3 is 6.09 Å². The molecule has 0 unspecified atom stereocenters. The van der Waals surface area contributed by atoms with E-state index >= 15 is 0 Å². The van der Waals surface area contributed by atoms with Crippen LogP contribution in [0.2, 0.25) is 0 Å². The molecule has 0 heterocycles. The third-order valence-electron chi connectivity index (χ3n) is 3.09. The Bertz CT molecular complexity index is 566. The molecule has 23 heavy (non-hydrogen) atoms. The van der Waals surface area contributed by atoms with Gasteiger partial charge in [0.2, 0.25) is 11.8 Å². The Morgan fingerprint density at radius 1 is 1.09 bits per heavy atom. The zero-order chi connectivity index (χ0) is 17.4. The SMILES string of the molecule is CCOC(=O)NC(=O)CN(C)CC(=O)Nc1c(C)cccc1C. The van der Waals surface area contributed by atoms with Crippen LogP contribution in [0.15, 0.2) is 18.2 Å². The third-order valence-corrected chi connectivity index (χ3v) is 3.09. The average molecular weight is 321 g/mol. The zero-order valence-corrected chi connectivity index (χ0v) is 13.9. The van der Waals surface area contributed by atoms with Gasteiger partial charge in [0, 0.05) is 5.69 Å². The summed E-state index contributed by atoms with van der Waals surface area (Å²) in [4.78, 5) is 36.3. The molecule has 0 aliphatic rings. The largest absolute Gasteiger partial charge is 0.450 e. The van der Waals surface area contributed by atoms with Gasteiger partial charge in [0.25, 0.3) is 0 Å². The van der Waals surface area contributed by atoms with Crippen molar-refractivity contribution in [3.05, 3.63) is 29.3 Å². The lowest BCUT2D eigenvalue weighted by Gasteiger charge is -2.17. The molecule has 0 aliphatic heterocycles. The molecule has 1 aromatic carbocycles. The second-order valence-electron chi connectivity index (χ2n) is 5.26. The third kappa shape index (κ3) is 6.48. The number of likely N-dealkylation sites (N-methyl/N-ethyl adjacent to an activating group) is 1. The van der Waals surface area contributed by atoms with E-state index in [1.54, 1.807) is 14.0 Å². The van der Waals surface area contributed by atoms with Gasteiger partial charge in [-0.25, -0.2) is 4.79 Å². The van der Waals surface area contributed by atoms with Crippen LogP contribution in [0.5, 0.6) is 0 Å². The Kier molecular flexibility index (Phi) is 7.21. The molecule has 0 atom stereocenters. The highest BCUT2D eigenvalue weighted by molar-refractivity contribution is 5.95. The van der Waals surface area contributed by atoms with E-state index in [2.05, 4.69) is 15.4 Å². The van der Waals surface area contributed by atoms with Crippen LogP contribution >= 0.6 is 0 Å². The fourth-order valence-corrected chi connectivity index (χ4v) is 2.06. The Morgan fingerprint density at radius 3 is 2.22 bits per heavy atom. The Balaban J connectivity index is 2.48. The van der Waals surface area contributed by atoms with Crippen molar-refractivity contribution in [2.75, 3.05) is 32.1 Å². The molecule has 0 radical (unpaired) electrons. The molecule has 0 saturated heterocycles. The van der Waals surface area contributed by atoms with Crippen molar-refractivity contribution in [3.63, 3.8) is 0 Å². The maximum atomic E-state index is 12.1. The predicted octanol–water partition coefficient (Wildman–Crippen LogP) is 1.45. The van der Waals surface area contributed by atoms with Crippen molar-refractivity contribution in [1.82, 2.24) is 10.2 Å². The van der Waals surface area contributed by atoms with E-state index in [9.17, 15) is 14.4 Å². The van der Waals surface area contributed by atoms with Crippen molar-refractivity contribution in [2.45, 2.75) is 20.8 Å². The molecule has 0 spiro atoms. The molecule has 7 heteroatoms. The van der Waals surface area contributed by atoms with E-state index in [1.807, 2.05) is 32.0 Å². The van der Waals surface area contributed by atoms with Gasteiger partial charge in [0.15, 0.2) is 0 Å². The molecule has 1 rings (SSSR count). The van der Waals surface area contributed by atoms with Gasteiger partial charge in [-0.05, 0) is 38.9 Å². The number of carbonyl (C=O) groups excluding carboxylic acids is 3. The normalized spacial score (nSPS) is 10.3. The number of imide groups is 1. The number of nitrogens with one attached hydrogen (secondary N) is 2. The number of carbonyl (C=O) groups is 3. The first kappa shape index (κ1) is 18.6. The van der Waals surface area contributed by atoms with Crippen LogP contribution in [-0.2, 0) is 14.3 Å². The maximum Gasteiger partial charge on any atom is 0.413 e. The maximum absolute atomic E-state index is 12.1. The first-order valence-electron chi connectivity index (χ1n) is 7.34. The van der Waals surface area contributed by atoms with Gasteiger partial charge in [-0.2, -0.15) is 0 Å². The first-order valence-corrected chi connectivity index (χ1v) is 7.34. The smallest absolute Gasteiger partial charge is 0.413 e. The average Bonchev–Trinajstić information content (AvgIpc) is 2.42. The molecule has 0 bridgehead atoms. The summed E-state index contributed by atoms with van der Waals surface area (Å²) >= 11 is 0. The van der Waals surface area contributed by atoms with Crippen molar-refractivity contribution in [3.8, 4) is 0 Å². The number of aryl methyl sites for hydroxylation is 2. The van der Waals surface area contributed by atoms with Crippen LogP contribution in [0.1, 0.15) is 18.1 Å². The van der Waals surface area contributed by atoms with Crippen LogP contribution in [0, 0.1) is 13.8 Å². The van der Waals surface area contributed by atoms with Gasteiger partial charge in [-0.15, -0.1) is 0 Å². The first-order chi connectivity index (χ1) is 10.8. The number of amides is 3. The monoisotopic (exact) mass is 321 g/mol. The van der Waals surface area contributed by atoms with Gasteiger partial charge in [0.1, 0.15) is 0 Å². The molecular weight excluding hydrogens is 298 g/mol. The zero-order valence-electron chi connectivity index (χ0n) is 13.9. The molecule has 126 valence electrons. The Labute approximate surface area is 136 Å². The highest BCUT2D eigenvalue weighted by Crippen LogP contribution is 2.19. The van der Waals surface area contributed by atoms with Crippen LogP contribution in [-0.4, -0.2) is 49.6 Å². The fourth-order valence-electron chi connectivity index (χ4n) is 2.06. The lowest BCUT2D eigenvalue weighted by Crippen LogP contribution is -2.41. The fraction of sp³-hybridized carbons (Fsp3) is 0.438. The number of benzene rings is 1. The highest BCUT2D eigenvalue weighted by atomic mass is 16.5. The molecule has 0 fully saturated rings. The quantitative estimate of drug-likeness (QED) is 0.828. The lowest BCUT2D eigenvalue weighted by molar-refractivity contribution is -0.122. The molecule has 7 nitrogen and oxygen atoms in total. The van der Waals surface area contributed by atoms with Crippen molar-refractivity contribution in [1.29, 1.82) is 0 Å². The molecule has 1 aromatic rings. The summed E-state index contributed by atoms with van der Waals surface area (Å²) in [5.41, 5.74) is 2.73. The van der Waals surface area contributed by atoms with Crippen molar-refractivity contribution in [2.24, 2.45) is 0 Å². The highest BCUT2D eigenvalue weighted by Gasteiger charge is 2.14. The number of anilines is 1. The second kappa shape index (κ2) is 8.89. The summed E-state index contributed by atoms with van der Waals surface area (Å²) < 4.78 is 4.61. The number of alkyl carbamates (subject to hydrolysis) is 1. The number of rotatable bonds is 6. The number of para-hydroxylation sites is 1. The Hall–Kier alpha value is -2.41. The predicted molar refractivity (Wildman–Crippen MR) is 87.2 cm³/mol. The minimum absolute atomic E-state index is 0.0318. The molecule has 0 aliphatic carbocycles. The van der Waals surface area contributed by atoms with Crippen molar-refractivity contribution < 1.29 is 19.1 Å². The standard InChI is InChI=1S/C16H23N3O4/c1-5-23-16(22)18-14(21)10-19(4)9-13(20)17-15-11(2)7-6-8-12(15)3/h6-8H,5,9-10H2,1-4H3,(H,17,20)(H,18,21,22). The van der Waals surface area contributed by atoms with Gasteiger partial charge in [-0.1, -0.05) is 18.2 Å². The summed E-state index contributed by atoms with van der Waals surface area (Å²) in [6, 6.07) is 5.75. The molecule has 0 saturated carbocycles. The number of nitrogens with zero attached hydrogens (tertiary/aromatic N) is 1. The van der Waals surface area contributed by atoms with Gasteiger partial charge in [0.05, 0.1) is 19.7 Å². The molecule has 3 amide bonds. The number of ether oxygens (including phenoxy) is 1.